The number of hydrogen-bond donors (Lipinski definition) is 1. The molecule has 0 heterocycles. The molecule has 0 fully saturated rings. The van der Waals surface area contributed by atoms with Crippen LogP contribution in [0.4, 0.5) is 0 Å². The van der Waals surface area contributed by atoms with E-state index in [9.17, 15) is 4.79 Å². The van der Waals surface area contributed by atoms with E-state index >= 15 is 0 Å². The van der Waals surface area contributed by atoms with Gasteiger partial charge in [-0.05, 0) is 37.1 Å². The molecule has 1 amide bonds. The predicted octanol–water partition coefficient (Wildman–Crippen LogP) is 2.43. The van der Waals surface area contributed by atoms with E-state index in [1.54, 1.807) is 4.90 Å². The lowest BCUT2D eigenvalue weighted by molar-refractivity contribution is -0.133. The highest BCUT2D eigenvalue weighted by molar-refractivity contribution is 9.10. The zero-order valence-electron chi connectivity index (χ0n) is 11.0. The van der Waals surface area contributed by atoms with E-state index < -0.39 is 0 Å². The minimum absolute atomic E-state index is 0.0184. The van der Waals surface area contributed by atoms with Crippen molar-refractivity contribution >= 4 is 21.8 Å². The smallest absolute Gasteiger partial charge is 0.225 e. The Morgan fingerprint density at radius 1 is 1.39 bits per heavy atom. The molecule has 0 aliphatic heterocycles. The van der Waals surface area contributed by atoms with E-state index in [-0.39, 0.29) is 11.8 Å². The van der Waals surface area contributed by atoms with Gasteiger partial charge in [-0.15, -0.1) is 0 Å². The number of carbonyl (C=O) groups excluding carboxylic acids is 1. The largest absolute Gasteiger partial charge is 0.345 e. The Morgan fingerprint density at radius 3 is 2.56 bits per heavy atom. The number of nitrogens with zero attached hydrogens (tertiary/aromatic N) is 1. The first kappa shape index (κ1) is 15.2. The van der Waals surface area contributed by atoms with Crippen molar-refractivity contribution in [1.29, 1.82) is 0 Å². The molecule has 1 unspecified atom stereocenters. The molecule has 18 heavy (non-hydrogen) atoms. The molecular formula is C14H21BrN2O. The van der Waals surface area contributed by atoms with E-state index in [4.69, 9.17) is 5.73 Å². The van der Waals surface area contributed by atoms with Gasteiger partial charge in [0.25, 0.3) is 0 Å². The second-order valence-electron chi connectivity index (χ2n) is 4.61. The molecular weight excluding hydrogens is 292 g/mol. The Labute approximate surface area is 117 Å². The van der Waals surface area contributed by atoms with Crippen molar-refractivity contribution in [3.05, 3.63) is 34.3 Å². The van der Waals surface area contributed by atoms with E-state index in [1.165, 1.54) is 5.56 Å². The predicted molar refractivity (Wildman–Crippen MR) is 78.3 cm³/mol. The van der Waals surface area contributed by atoms with Gasteiger partial charge in [0, 0.05) is 24.0 Å². The van der Waals surface area contributed by atoms with E-state index in [2.05, 4.69) is 28.1 Å². The molecule has 0 radical (unpaired) electrons. The molecule has 1 aromatic rings. The molecule has 4 heteroatoms. The van der Waals surface area contributed by atoms with Crippen LogP contribution in [0.3, 0.4) is 0 Å². The highest BCUT2D eigenvalue weighted by Crippen LogP contribution is 2.12. The number of hydrogen-bond acceptors (Lipinski definition) is 2. The Kier molecular flexibility index (Phi) is 6.36. The second kappa shape index (κ2) is 7.54. The highest BCUT2D eigenvalue weighted by Gasteiger charge is 2.16. The summed E-state index contributed by atoms with van der Waals surface area (Å²) in [6, 6.07) is 8.19. The molecule has 1 rings (SSSR count). The number of benzene rings is 1. The fourth-order valence-corrected chi connectivity index (χ4v) is 2.07. The average Bonchev–Trinajstić information content (AvgIpc) is 2.37. The minimum Gasteiger partial charge on any atom is -0.345 e. The van der Waals surface area contributed by atoms with Crippen molar-refractivity contribution in [2.24, 2.45) is 11.7 Å². The Balaban J connectivity index is 2.43. The van der Waals surface area contributed by atoms with Gasteiger partial charge in [0.2, 0.25) is 5.91 Å². The number of carbonyl (C=O) groups is 1. The summed E-state index contributed by atoms with van der Waals surface area (Å²) in [7, 11) is 1.86. The number of halogens is 1. The van der Waals surface area contributed by atoms with Crippen molar-refractivity contribution in [3.63, 3.8) is 0 Å². The van der Waals surface area contributed by atoms with Crippen LogP contribution in [0.1, 0.15) is 18.9 Å². The van der Waals surface area contributed by atoms with Crippen LogP contribution in [0.15, 0.2) is 28.7 Å². The molecule has 0 aromatic heterocycles. The first-order valence-electron chi connectivity index (χ1n) is 6.24. The van der Waals surface area contributed by atoms with Crippen molar-refractivity contribution in [2.45, 2.75) is 19.8 Å². The number of amides is 1. The Bertz CT molecular complexity index is 378. The summed E-state index contributed by atoms with van der Waals surface area (Å²) < 4.78 is 1.08. The van der Waals surface area contributed by atoms with Gasteiger partial charge in [-0.1, -0.05) is 35.0 Å². The topological polar surface area (TPSA) is 46.3 Å². The lowest BCUT2D eigenvalue weighted by Crippen LogP contribution is -2.34. The van der Waals surface area contributed by atoms with Crippen LogP contribution >= 0.6 is 15.9 Å². The number of likely N-dealkylation sites (N-methyl/N-ethyl adjacent to an activating group) is 1. The fourth-order valence-electron chi connectivity index (χ4n) is 1.81. The molecule has 2 N–H and O–H groups in total. The van der Waals surface area contributed by atoms with Crippen molar-refractivity contribution in [1.82, 2.24) is 4.90 Å². The van der Waals surface area contributed by atoms with E-state index in [0.717, 1.165) is 23.9 Å². The van der Waals surface area contributed by atoms with Crippen LogP contribution in [-0.2, 0) is 11.2 Å². The lowest BCUT2D eigenvalue weighted by Gasteiger charge is -2.21. The summed E-state index contributed by atoms with van der Waals surface area (Å²) >= 11 is 3.41. The second-order valence-corrected chi connectivity index (χ2v) is 5.53. The molecule has 100 valence electrons. The molecule has 0 saturated carbocycles. The Hall–Kier alpha value is -0.870. The Morgan fingerprint density at radius 2 is 2.00 bits per heavy atom. The van der Waals surface area contributed by atoms with Crippen LogP contribution in [0.5, 0.6) is 0 Å². The van der Waals surface area contributed by atoms with Gasteiger partial charge < -0.3 is 10.6 Å². The minimum atomic E-state index is 0.0184. The zero-order valence-corrected chi connectivity index (χ0v) is 12.6. The molecule has 0 saturated heterocycles. The van der Waals surface area contributed by atoms with Gasteiger partial charge in [0.05, 0.1) is 0 Å². The third kappa shape index (κ3) is 4.78. The van der Waals surface area contributed by atoms with Crippen molar-refractivity contribution in [2.75, 3.05) is 20.1 Å². The lowest BCUT2D eigenvalue weighted by atomic mass is 10.1. The van der Waals surface area contributed by atoms with Gasteiger partial charge in [-0.25, -0.2) is 0 Å². The molecule has 3 nitrogen and oxygen atoms in total. The summed E-state index contributed by atoms with van der Waals surface area (Å²) in [5.74, 6) is 0.197. The molecule has 1 aromatic carbocycles. The van der Waals surface area contributed by atoms with Gasteiger partial charge in [-0.3, -0.25) is 4.79 Å². The van der Waals surface area contributed by atoms with Crippen molar-refractivity contribution < 1.29 is 4.79 Å². The first-order chi connectivity index (χ1) is 8.54. The third-order valence-electron chi connectivity index (χ3n) is 3.05. The number of rotatable bonds is 6. The van der Waals surface area contributed by atoms with Gasteiger partial charge >= 0.3 is 0 Å². The quantitative estimate of drug-likeness (QED) is 0.877. The summed E-state index contributed by atoms with van der Waals surface area (Å²) in [6.45, 7) is 3.24. The maximum atomic E-state index is 12.0. The number of nitrogens with two attached hydrogens (primary N) is 1. The monoisotopic (exact) mass is 312 g/mol. The summed E-state index contributed by atoms with van der Waals surface area (Å²) in [5.41, 5.74) is 6.71. The summed E-state index contributed by atoms with van der Waals surface area (Å²) in [6.07, 6.45) is 1.63. The van der Waals surface area contributed by atoms with Crippen molar-refractivity contribution in [3.8, 4) is 0 Å². The average molecular weight is 313 g/mol. The molecule has 1 atom stereocenters. The molecule has 0 bridgehead atoms. The SMILES string of the molecule is CC(CCN)C(=O)N(C)CCc1ccc(Br)cc1. The molecule has 0 spiro atoms. The standard InChI is InChI=1S/C14H21BrN2O/c1-11(7-9-16)14(18)17(2)10-8-12-3-5-13(15)6-4-12/h3-6,11H,7-10,16H2,1-2H3. The maximum absolute atomic E-state index is 12.0. The fraction of sp³-hybridized carbons (Fsp3) is 0.500. The highest BCUT2D eigenvalue weighted by atomic mass is 79.9. The normalized spacial score (nSPS) is 12.2. The van der Waals surface area contributed by atoms with E-state index in [0.29, 0.717) is 6.54 Å². The maximum Gasteiger partial charge on any atom is 0.225 e. The first-order valence-corrected chi connectivity index (χ1v) is 7.03. The van der Waals surface area contributed by atoms with Gasteiger partial charge in [0.15, 0.2) is 0 Å². The summed E-state index contributed by atoms with van der Waals surface area (Å²) in [5, 5.41) is 0. The van der Waals surface area contributed by atoms with E-state index in [1.807, 2.05) is 26.1 Å². The van der Waals surface area contributed by atoms with Crippen LogP contribution in [0.25, 0.3) is 0 Å². The third-order valence-corrected chi connectivity index (χ3v) is 3.58. The van der Waals surface area contributed by atoms with Crippen LogP contribution < -0.4 is 5.73 Å². The van der Waals surface area contributed by atoms with Crippen LogP contribution in [-0.4, -0.2) is 30.9 Å². The molecule has 0 aliphatic rings. The zero-order chi connectivity index (χ0) is 13.5. The van der Waals surface area contributed by atoms with Gasteiger partial charge in [0.1, 0.15) is 0 Å². The molecule has 0 aliphatic carbocycles. The van der Waals surface area contributed by atoms with Crippen LogP contribution in [0, 0.1) is 5.92 Å². The van der Waals surface area contributed by atoms with Gasteiger partial charge in [-0.2, -0.15) is 0 Å². The van der Waals surface area contributed by atoms with Crippen LogP contribution in [0.2, 0.25) is 0 Å². The summed E-state index contributed by atoms with van der Waals surface area (Å²) in [4.78, 5) is 13.8.